The third-order valence-corrected chi connectivity index (χ3v) is 6.82. The van der Waals surface area contributed by atoms with Crippen LogP contribution in [0.2, 0.25) is 0 Å². The number of amides is 2. The van der Waals surface area contributed by atoms with Crippen molar-refractivity contribution in [3.8, 4) is 5.75 Å². The quantitative estimate of drug-likeness (QED) is 0.421. The summed E-state index contributed by atoms with van der Waals surface area (Å²) in [4.78, 5) is 43.1. The van der Waals surface area contributed by atoms with Crippen molar-refractivity contribution in [3.05, 3.63) is 89.7 Å². The van der Waals surface area contributed by atoms with Gasteiger partial charge in [0.1, 0.15) is 16.8 Å². The van der Waals surface area contributed by atoms with Crippen LogP contribution in [-0.2, 0) is 16.0 Å². The fourth-order valence-corrected chi connectivity index (χ4v) is 4.85. The zero-order chi connectivity index (χ0) is 26.4. The van der Waals surface area contributed by atoms with Crippen LogP contribution in [0.1, 0.15) is 22.3 Å². The molecule has 1 heterocycles. The molecule has 3 aromatic carbocycles. The van der Waals surface area contributed by atoms with Gasteiger partial charge < -0.3 is 15.2 Å². The Bertz CT molecular complexity index is 1310. The van der Waals surface area contributed by atoms with E-state index in [-0.39, 0.29) is 29.6 Å². The van der Waals surface area contributed by atoms with Crippen molar-refractivity contribution in [1.82, 2.24) is 4.90 Å². The van der Waals surface area contributed by atoms with Gasteiger partial charge in [-0.15, -0.1) is 0 Å². The SMILES string of the molecule is COc1ccc(CCN2C(=O)[C@H](CC(=O)Nc3ccc(C(=O)O)cc3)SC2=Nc2ccc(F)cc2)cc1. The zero-order valence-corrected chi connectivity index (χ0v) is 20.7. The van der Waals surface area contributed by atoms with Gasteiger partial charge in [0.05, 0.1) is 18.4 Å². The fraction of sp³-hybridized carbons (Fsp3) is 0.185. The lowest BCUT2D eigenvalue weighted by Crippen LogP contribution is -2.35. The highest BCUT2D eigenvalue weighted by molar-refractivity contribution is 8.15. The molecule has 0 bridgehead atoms. The smallest absolute Gasteiger partial charge is 0.335 e. The molecular weight excluding hydrogens is 497 g/mol. The van der Waals surface area contributed by atoms with Gasteiger partial charge in [-0.3, -0.25) is 14.5 Å². The Labute approximate surface area is 217 Å². The molecule has 0 radical (unpaired) electrons. The molecule has 1 fully saturated rings. The minimum Gasteiger partial charge on any atom is -0.497 e. The number of nitrogens with zero attached hydrogens (tertiary/aromatic N) is 2. The maximum atomic E-state index is 13.3. The maximum absolute atomic E-state index is 13.3. The van der Waals surface area contributed by atoms with Gasteiger partial charge in [-0.1, -0.05) is 23.9 Å². The molecule has 1 atom stereocenters. The number of thioether (sulfide) groups is 1. The molecule has 1 aliphatic rings. The highest BCUT2D eigenvalue weighted by Crippen LogP contribution is 2.32. The lowest BCUT2D eigenvalue weighted by atomic mass is 10.1. The zero-order valence-electron chi connectivity index (χ0n) is 19.9. The van der Waals surface area contributed by atoms with Gasteiger partial charge >= 0.3 is 5.97 Å². The third kappa shape index (κ3) is 6.73. The van der Waals surface area contributed by atoms with E-state index in [1.807, 2.05) is 24.3 Å². The number of methoxy groups -OCH3 is 1. The monoisotopic (exact) mass is 521 g/mol. The number of carbonyl (C=O) groups is 3. The molecule has 8 nitrogen and oxygen atoms in total. The van der Waals surface area contributed by atoms with Crippen LogP contribution >= 0.6 is 11.8 Å². The van der Waals surface area contributed by atoms with Gasteiger partial charge in [0.2, 0.25) is 11.8 Å². The van der Waals surface area contributed by atoms with Gasteiger partial charge in [-0.25, -0.2) is 14.2 Å². The van der Waals surface area contributed by atoms with Crippen molar-refractivity contribution >= 4 is 46.1 Å². The maximum Gasteiger partial charge on any atom is 0.335 e. The Morgan fingerprint density at radius 1 is 1.05 bits per heavy atom. The molecule has 2 amide bonds. The first-order valence-corrected chi connectivity index (χ1v) is 12.3. The lowest BCUT2D eigenvalue weighted by molar-refractivity contribution is -0.128. The molecule has 2 N–H and O–H groups in total. The minimum absolute atomic E-state index is 0.0916. The van der Waals surface area contributed by atoms with Crippen molar-refractivity contribution in [2.24, 2.45) is 4.99 Å². The van der Waals surface area contributed by atoms with Crippen LogP contribution < -0.4 is 10.1 Å². The summed E-state index contributed by atoms with van der Waals surface area (Å²) in [5.41, 5.74) is 2.04. The number of rotatable bonds is 9. The van der Waals surface area contributed by atoms with E-state index in [0.29, 0.717) is 29.5 Å². The van der Waals surface area contributed by atoms with E-state index in [4.69, 9.17) is 9.84 Å². The van der Waals surface area contributed by atoms with Gasteiger partial charge in [0.15, 0.2) is 5.17 Å². The summed E-state index contributed by atoms with van der Waals surface area (Å²) < 4.78 is 18.5. The number of carboxylic acid groups (broad SMARTS) is 1. The van der Waals surface area contributed by atoms with Gasteiger partial charge in [-0.2, -0.15) is 0 Å². The predicted octanol–water partition coefficient (Wildman–Crippen LogP) is 4.74. The largest absolute Gasteiger partial charge is 0.497 e. The molecule has 0 aliphatic carbocycles. The molecule has 3 aromatic rings. The van der Waals surface area contributed by atoms with E-state index in [1.165, 1.54) is 60.3 Å². The fourth-order valence-electron chi connectivity index (χ4n) is 3.67. The first kappa shape index (κ1) is 25.9. The normalized spacial score (nSPS) is 16.2. The molecular formula is C27H24FN3O5S. The van der Waals surface area contributed by atoms with E-state index in [0.717, 1.165) is 11.3 Å². The number of amidine groups is 1. The number of nitrogens with one attached hydrogen (secondary N) is 1. The van der Waals surface area contributed by atoms with Crippen LogP contribution in [0.15, 0.2) is 77.8 Å². The standard InChI is InChI=1S/C27H24FN3O5S/c1-36-22-12-2-17(3-13-22)14-15-31-25(33)23(37-27(31)30-21-10-6-19(28)7-11-21)16-24(32)29-20-8-4-18(5-9-20)26(34)35/h2-13,23H,14-16H2,1H3,(H,29,32)(H,34,35)/t23-/m0/s1. The first-order chi connectivity index (χ1) is 17.8. The summed E-state index contributed by atoms with van der Waals surface area (Å²) in [5.74, 6) is -1.34. The highest BCUT2D eigenvalue weighted by Gasteiger charge is 2.39. The molecule has 37 heavy (non-hydrogen) atoms. The Hall–Kier alpha value is -4.18. The van der Waals surface area contributed by atoms with Crippen LogP contribution in [0.3, 0.4) is 0 Å². The average molecular weight is 522 g/mol. The second-order valence-electron chi connectivity index (χ2n) is 8.20. The van der Waals surface area contributed by atoms with Gasteiger partial charge in [0.25, 0.3) is 0 Å². The van der Waals surface area contributed by atoms with Crippen LogP contribution in [0.25, 0.3) is 0 Å². The number of ether oxygens (including phenoxy) is 1. The first-order valence-electron chi connectivity index (χ1n) is 11.4. The predicted molar refractivity (Wildman–Crippen MR) is 140 cm³/mol. The van der Waals surface area contributed by atoms with E-state index < -0.39 is 11.2 Å². The van der Waals surface area contributed by atoms with Crippen LogP contribution in [0.5, 0.6) is 5.75 Å². The topological polar surface area (TPSA) is 108 Å². The van der Waals surface area contributed by atoms with Crippen molar-refractivity contribution in [3.63, 3.8) is 0 Å². The number of aromatic carboxylic acids is 1. The average Bonchev–Trinajstić information content (AvgIpc) is 3.18. The molecule has 0 unspecified atom stereocenters. The molecule has 190 valence electrons. The third-order valence-electron chi connectivity index (χ3n) is 5.64. The van der Waals surface area contributed by atoms with Crippen LogP contribution in [0, 0.1) is 5.82 Å². The minimum atomic E-state index is -1.06. The van der Waals surface area contributed by atoms with Crippen molar-refractivity contribution in [1.29, 1.82) is 0 Å². The Morgan fingerprint density at radius 2 is 1.73 bits per heavy atom. The number of hydrogen-bond donors (Lipinski definition) is 2. The molecule has 1 aliphatic heterocycles. The summed E-state index contributed by atoms with van der Waals surface area (Å²) >= 11 is 1.19. The number of aliphatic imine (C=N–C) groups is 1. The Balaban J connectivity index is 1.47. The summed E-state index contributed by atoms with van der Waals surface area (Å²) in [7, 11) is 1.59. The summed E-state index contributed by atoms with van der Waals surface area (Å²) in [6.45, 7) is 0.354. The van der Waals surface area contributed by atoms with Crippen molar-refractivity contribution < 1.29 is 28.6 Å². The van der Waals surface area contributed by atoms with E-state index in [2.05, 4.69) is 10.3 Å². The number of benzene rings is 3. The summed E-state index contributed by atoms with van der Waals surface area (Å²) in [6.07, 6.45) is 0.471. The van der Waals surface area contributed by atoms with Gasteiger partial charge in [-0.05, 0) is 72.6 Å². The number of halogens is 1. The molecule has 0 spiro atoms. The van der Waals surface area contributed by atoms with Crippen molar-refractivity contribution in [2.75, 3.05) is 19.0 Å². The van der Waals surface area contributed by atoms with Gasteiger partial charge in [0, 0.05) is 18.7 Å². The number of anilines is 1. The summed E-state index contributed by atoms with van der Waals surface area (Å²) in [6, 6.07) is 18.9. The van der Waals surface area contributed by atoms with E-state index in [9.17, 15) is 18.8 Å². The molecule has 0 saturated carbocycles. The molecule has 4 rings (SSSR count). The van der Waals surface area contributed by atoms with Crippen LogP contribution in [-0.4, -0.2) is 51.9 Å². The van der Waals surface area contributed by atoms with E-state index in [1.54, 1.807) is 12.0 Å². The Kier molecular flexibility index (Phi) is 8.19. The molecule has 10 heteroatoms. The summed E-state index contributed by atoms with van der Waals surface area (Å²) in [5, 5.41) is 11.5. The number of carbonyl (C=O) groups excluding carboxylic acids is 2. The lowest BCUT2D eigenvalue weighted by Gasteiger charge is -2.16. The van der Waals surface area contributed by atoms with Crippen molar-refractivity contribution in [2.45, 2.75) is 18.1 Å². The Morgan fingerprint density at radius 3 is 2.35 bits per heavy atom. The number of hydrogen-bond acceptors (Lipinski definition) is 6. The highest BCUT2D eigenvalue weighted by atomic mass is 32.2. The van der Waals surface area contributed by atoms with Crippen LogP contribution in [0.4, 0.5) is 15.8 Å². The molecule has 0 aromatic heterocycles. The second-order valence-corrected chi connectivity index (χ2v) is 9.37. The second kappa shape index (κ2) is 11.7. The van der Waals surface area contributed by atoms with E-state index >= 15 is 0 Å². The number of carboxylic acids is 1. The molecule has 1 saturated heterocycles.